The highest BCUT2D eigenvalue weighted by Crippen LogP contribution is 2.26. The van der Waals surface area contributed by atoms with Crippen LogP contribution >= 0.6 is 0 Å². The highest BCUT2D eigenvalue weighted by Gasteiger charge is 2.25. The van der Waals surface area contributed by atoms with Gasteiger partial charge in [0.25, 0.3) is 0 Å². The summed E-state index contributed by atoms with van der Waals surface area (Å²) in [5.41, 5.74) is 5.74. The molecule has 0 radical (unpaired) electrons. The van der Waals surface area contributed by atoms with E-state index in [0.29, 0.717) is 44.2 Å². The second-order valence-corrected chi connectivity index (χ2v) is 5.24. The van der Waals surface area contributed by atoms with Crippen LogP contribution in [0.15, 0.2) is 4.99 Å². The third-order valence-electron chi connectivity index (χ3n) is 3.77. The molecule has 3 N–H and O–H groups in total. The first-order valence-corrected chi connectivity index (χ1v) is 7.04. The number of hydrogen-bond acceptors (Lipinski definition) is 3. The van der Waals surface area contributed by atoms with E-state index in [9.17, 15) is 9.59 Å². The molecule has 0 bridgehead atoms. The number of piperidine rings is 1. The molecule has 2 amide bonds. The molecular weight excluding hydrogens is 244 g/mol. The molecule has 106 valence electrons. The van der Waals surface area contributed by atoms with Crippen LogP contribution in [-0.2, 0) is 9.59 Å². The normalized spacial score (nSPS) is 21.5. The quantitative estimate of drug-likeness (QED) is 0.423. The highest BCUT2D eigenvalue weighted by atomic mass is 16.2. The number of nitrogens with zero attached hydrogens (tertiary/aromatic N) is 2. The molecule has 0 aromatic rings. The van der Waals surface area contributed by atoms with Crippen LogP contribution in [0.25, 0.3) is 0 Å². The molecule has 0 spiro atoms. The van der Waals surface area contributed by atoms with Crippen molar-refractivity contribution < 1.29 is 9.59 Å². The van der Waals surface area contributed by atoms with Gasteiger partial charge in [-0.15, -0.1) is 0 Å². The van der Waals surface area contributed by atoms with Crippen LogP contribution in [-0.4, -0.2) is 42.3 Å². The van der Waals surface area contributed by atoms with Gasteiger partial charge in [-0.2, -0.15) is 0 Å². The molecule has 6 heteroatoms. The first-order chi connectivity index (χ1) is 9.16. The molecule has 1 saturated carbocycles. The third kappa shape index (κ3) is 3.94. The van der Waals surface area contributed by atoms with Crippen LogP contribution < -0.4 is 11.1 Å². The molecule has 2 fully saturated rings. The Hall–Kier alpha value is -1.59. The average Bonchev–Trinajstić information content (AvgIpc) is 2.31. The zero-order chi connectivity index (χ0) is 13.7. The van der Waals surface area contributed by atoms with Crippen LogP contribution in [0.3, 0.4) is 0 Å². The number of imide groups is 1. The summed E-state index contributed by atoms with van der Waals surface area (Å²) >= 11 is 0. The first kappa shape index (κ1) is 13.8. The summed E-state index contributed by atoms with van der Waals surface area (Å²) in [6.45, 7) is 1.62. The molecule has 1 aliphatic carbocycles. The van der Waals surface area contributed by atoms with Crippen molar-refractivity contribution in [1.29, 1.82) is 0 Å². The van der Waals surface area contributed by atoms with Gasteiger partial charge in [0.1, 0.15) is 0 Å². The van der Waals surface area contributed by atoms with Gasteiger partial charge in [-0.25, -0.2) is 0 Å². The maximum atomic E-state index is 11.6. The minimum atomic E-state index is -0.0805. The maximum Gasteiger partial charge on any atom is 0.229 e. The van der Waals surface area contributed by atoms with E-state index in [0.717, 1.165) is 6.54 Å². The molecule has 2 rings (SSSR count). The summed E-state index contributed by atoms with van der Waals surface area (Å²) in [4.78, 5) is 28.7. The third-order valence-corrected chi connectivity index (χ3v) is 3.77. The number of hydrogen-bond donors (Lipinski definition) is 2. The van der Waals surface area contributed by atoms with E-state index in [1.54, 1.807) is 0 Å². The summed E-state index contributed by atoms with van der Waals surface area (Å²) in [6, 6.07) is 0. The van der Waals surface area contributed by atoms with E-state index in [2.05, 4.69) is 10.3 Å². The van der Waals surface area contributed by atoms with Crippen LogP contribution in [0, 0.1) is 5.92 Å². The van der Waals surface area contributed by atoms with Crippen molar-refractivity contribution >= 4 is 17.8 Å². The Kier molecular flexibility index (Phi) is 4.76. The van der Waals surface area contributed by atoms with Gasteiger partial charge in [-0.3, -0.25) is 19.5 Å². The van der Waals surface area contributed by atoms with Crippen molar-refractivity contribution in [3.05, 3.63) is 0 Å². The Morgan fingerprint density at radius 1 is 1.26 bits per heavy atom. The molecular formula is C13H22N4O2. The Labute approximate surface area is 113 Å². The monoisotopic (exact) mass is 266 g/mol. The lowest BCUT2D eigenvalue weighted by Crippen LogP contribution is -2.45. The summed E-state index contributed by atoms with van der Waals surface area (Å²) in [7, 11) is 0. The van der Waals surface area contributed by atoms with E-state index in [4.69, 9.17) is 5.73 Å². The van der Waals surface area contributed by atoms with Crippen molar-refractivity contribution in [1.82, 2.24) is 10.2 Å². The summed E-state index contributed by atoms with van der Waals surface area (Å²) in [5, 5.41) is 2.96. The maximum absolute atomic E-state index is 11.6. The lowest BCUT2D eigenvalue weighted by molar-refractivity contribution is -0.147. The minimum Gasteiger partial charge on any atom is -0.370 e. The van der Waals surface area contributed by atoms with Crippen molar-refractivity contribution in [3.63, 3.8) is 0 Å². The van der Waals surface area contributed by atoms with Crippen LogP contribution in [0.5, 0.6) is 0 Å². The molecule has 1 saturated heterocycles. The molecule has 0 unspecified atom stereocenters. The predicted octanol–water partition coefficient (Wildman–Crippen LogP) is 0.230. The van der Waals surface area contributed by atoms with Crippen molar-refractivity contribution in [3.8, 4) is 0 Å². The largest absolute Gasteiger partial charge is 0.370 e. The van der Waals surface area contributed by atoms with E-state index in [1.807, 2.05) is 0 Å². The second-order valence-electron chi connectivity index (χ2n) is 5.24. The van der Waals surface area contributed by atoms with Gasteiger partial charge in [0, 0.05) is 32.5 Å². The number of amides is 2. The van der Waals surface area contributed by atoms with Crippen LogP contribution in [0.4, 0.5) is 0 Å². The van der Waals surface area contributed by atoms with Gasteiger partial charge in [0.05, 0.1) is 0 Å². The fourth-order valence-electron chi connectivity index (χ4n) is 2.30. The van der Waals surface area contributed by atoms with E-state index in [-0.39, 0.29) is 11.8 Å². The fourth-order valence-corrected chi connectivity index (χ4v) is 2.30. The number of nitrogens with one attached hydrogen (secondary N) is 1. The van der Waals surface area contributed by atoms with E-state index >= 15 is 0 Å². The minimum absolute atomic E-state index is 0.0805. The first-order valence-electron chi connectivity index (χ1n) is 7.04. The number of rotatable bonds is 5. The van der Waals surface area contributed by atoms with Crippen molar-refractivity contribution in [2.75, 3.05) is 19.6 Å². The fraction of sp³-hybridized carbons (Fsp3) is 0.769. The second kappa shape index (κ2) is 6.54. The molecule has 19 heavy (non-hydrogen) atoms. The average molecular weight is 266 g/mol. The topological polar surface area (TPSA) is 87.8 Å². The van der Waals surface area contributed by atoms with E-state index in [1.165, 1.54) is 24.2 Å². The zero-order valence-corrected chi connectivity index (χ0v) is 11.2. The Balaban J connectivity index is 1.67. The van der Waals surface area contributed by atoms with Crippen LogP contribution in [0.2, 0.25) is 0 Å². The molecule has 0 aromatic heterocycles. The molecule has 0 aromatic carbocycles. The van der Waals surface area contributed by atoms with Gasteiger partial charge < -0.3 is 11.1 Å². The number of carbonyl (C=O) groups is 2. The molecule has 6 nitrogen and oxygen atoms in total. The standard InChI is InChI=1S/C13H22N4O2/c14-13(16-9-10-3-1-4-10)15-7-8-17-11(18)5-2-6-12(17)19/h10H,1-9H2,(H3,14,15,16). The number of aliphatic imine (C=N–C) groups is 1. The van der Waals surface area contributed by atoms with Crippen molar-refractivity contribution in [2.24, 2.45) is 16.6 Å². The highest BCUT2D eigenvalue weighted by molar-refractivity contribution is 5.97. The van der Waals surface area contributed by atoms with Crippen molar-refractivity contribution in [2.45, 2.75) is 38.5 Å². The molecule has 1 heterocycles. The van der Waals surface area contributed by atoms with E-state index < -0.39 is 0 Å². The number of nitrogens with two attached hydrogens (primary N) is 1. The van der Waals surface area contributed by atoms with Gasteiger partial charge in [0.15, 0.2) is 5.96 Å². The van der Waals surface area contributed by atoms with Gasteiger partial charge in [-0.05, 0) is 25.2 Å². The number of carbonyl (C=O) groups excluding carboxylic acids is 2. The number of likely N-dealkylation sites (tertiary alicyclic amines) is 1. The predicted molar refractivity (Wildman–Crippen MR) is 72.4 cm³/mol. The lowest BCUT2D eigenvalue weighted by atomic mass is 9.86. The smallest absolute Gasteiger partial charge is 0.229 e. The summed E-state index contributed by atoms with van der Waals surface area (Å²) in [6.07, 6.45) is 5.40. The molecule has 0 atom stereocenters. The Bertz CT molecular complexity index is 361. The summed E-state index contributed by atoms with van der Waals surface area (Å²) < 4.78 is 0. The lowest BCUT2D eigenvalue weighted by Gasteiger charge is -2.25. The Morgan fingerprint density at radius 3 is 2.53 bits per heavy atom. The summed E-state index contributed by atoms with van der Waals surface area (Å²) in [5.74, 6) is 0.931. The zero-order valence-electron chi connectivity index (χ0n) is 11.2. The van der Waals surface area contributed by atoms with Gasteiger partial charge in [0.2, 0.25) is 11.8 Å². The Morgan fingerprint density at radius 2 is 1.95 bits per heavy atom. The number of guanidine groups is 1. The van der Waals surface area contributed by atoms with Gasteiger partial charge in [-0.1, -0.05) is 6.42 Å². The molecule has 2 aliphatic rings. The van der Waals surface area contributed by atoms with Gasteiger partial charge >= 0.3 is 0 Å². The molecule has 1 aliphatic heterocycles. The SMILES string of the molecule is NC(=NCC1CCC1)NCCN1C(=O)CCCC1=O. The van der Waals surface area contributed by atoms with Crippen LogP contribution in [0.1, 0.15) is 38.5 Å².